The summed E-state index contributed by atoms with van der Waals surface area (Å²) < 4.78 is 0. The molecule has 2 aliphatic carbocycles. The molecule has 0 spiro atoms. The maximum Gasteiger partial charge on any atom is 0.266 e. The summed E-state index contributed by atoms with van der Waals surface area (Å²) in [5, 5.41) is 0. The lowest BCUT2D eigenvalue weighted by Crippen LogP contribution is -2.29. The number of nitrogens with zero attached hydrogens (tertiary/aromatic N) is 1. The van der Waals surface area contributed by atoms with Crippen LogP contribution >= 0.6 is 0 Å². The van der Waals surface area contributed by atoms with Gasteiger partial charge in [0.15, 0.2) is 0 Å². The minimum atomic E-state index is -0.243. The Morgan fingerprint density at radius 1 is 0.875 bits per heavy atom. The third-order valence-electron chi connectivity index (χ3n) is 4.56. The van der Waals surface area contributed by atoms with Crippen molar-refractivity contribution >= 4 is 17.5 Å². The summed E-state index contributed by atoms with van der Waals surface area (Å²) in [6, 6.07) is 7.60. The summed E-state index contributed by atoms with van der Waals surface area (Å²) in [4.78, 5) is 27.0. The van der Waals surface area contributed by atoms with Gasteiger partial charge in [-0.1, -0.05) is 43.4 Å². The second-order valence-corrected chi connectivity index (χ2v) is 6.13. The van der Waals surface area contributed by atoms with Gasteiger partial charge in [0.1, 0.15) is 0 Å². The molecular formula is C21H17NO2. The number of anilines is 1. The average Bonchev–Trinajstić information content (AvgIpc) is 2.82. The molecular weight excluding hydrogens is 298 g/mol. The molecule has 118 valence electrons. The van der Waals surface area contributed by atoms with E-state index in [4.69, 9.17) is 0 Å². The first-order valence-corrected chi connectivity index (χ1v) is 8.15. The summed E-state index contributed by atoms with van der Waals surface area (Å²) in [7, 11) is 0. The van der Waals surface area contributed by atoms with Crippen molar-refractivity contribution in [1.29, 1.82) is 0 Å². The number of carbonyl (C=O) groups excluding carboxylic acids is 2. The SMILES string of the molecule is CCc1ccc(N2C(=O)C3=CC4=CC=CC=C(C=C3C2=O)C4)cc1. The number of fused-ring (bicyclic) bond motifs is 3. The Morgan fingerprint density at radius 3 is 1.92 bits per heavy atom. The van der Waals surface area contributed by atoms with Crippen molar-refractivity contribution in [3.05, 3.63) is 88.6 Å². The van der Waals surface area contributed by atoms with Crippen LogP contribution in [0.25, 0.3) is 0 Å². The molecule has 1 saturated heterocycles. The van der Waals surface area contributed by atoms with Gasteiger partial charge in [0.25, 0.3) is 11.8 Å². The summed E-state index contributed by atoms with van der Waals surface area (Å²) in [6.07, 6.45) is 13.3. The first kappa shape index (κ1) is 14.6. The monoisotopic (exact) mass is 315 g/mol. The summed E-state index contributed by atoms with van der Waals surface area (Å²) in [6.45, 7) is 2.08. The van der Waals surface area contributed by atoms with Gasteiger partial charge < -0.3 is 0 Å². The number of rotatable bonds is 2. The predicted octanol–water partition coefficient (Wildman–Crippen LogP) is 3.80. The van der Waals surface area contributed by atoms with Gasteiger partial charge in [0, 0.05) is 0 Å². The number of aryl methyl sites for hydroxylation is 1. The van der Waals surface area contributed by atoms with Gasteiger partial charge in [-0.15, -0.1) is 0 Å². The zero-order valence-corrected chi connectivity index (χ0v) is 13.5. The van der Waals surface area contributed by atoms with Crippen molar-refractivity contribution in [3.8, 4) is 0 Å². The van der Waals surface area contributed by atoms with Crippen molar-refractivity contribution in [2.45, 2.75) is 19.8 Å². The molecule has 0 unspecified atom stereocenters. The molecule has 2 bridgehead atoms. The zero-order valence-electron chi connectivity index (χ0n) is 13.5. The molecule has 0 saturated carbocycles. The molecule has 1 aromatic rings. The van der Waals surface area contributed by atoms with E-state index in [2.05, 4.69) is 6.92 Å². The maximum absolute atomic E-state index is 12.9. The van der Waals surface area contributed by atoms with E-state index in [-0.39, 0.29) is 11.8 Å². The lowest BCUT2D eigenvalue weighted by atomic mass is 10.1. The number of benzene rings is 1. The predicted molar refractivity (Wildman–Crippen MR) is 94.4 cm³/mol. The van der Waals surface area contributed by atoms with E-state index in [0.29, 0.717) is 16.8 Å². The highest BCUT2D eigenvalue weighted by molar-refractivity contribution is 6.37. The standard InChI is InChI=1S/C21H17NO2/c1-2-14-7-9-17(10-8-14)22-20(23)18-12-15-5-3-4-6-16(11-15)13-19(18)21(22)24/h3-10,12-13H,2,11H2,1H3. The number of hydrogen-bond donors (Lipinski definition) is 0. The van der Waals surface area contributed by atoms with Gasteiger partial charge in [-0.25, -0.2) is 4.90 Å². The van der Waals surface area contributed by atoms with Crippen LogP contribution in [0.5, 0.6) is 0 Å². The minimum absolute atomic E-state index is 0.243. The molecule has 1 heterocycles. The van der Waals surface area contributed by atoms with E-state index in [1.54, 1.807) is 0 Å². The Kier molecular flexibility index (Phi) is 3.42. The fourth-order valence-corrected chi connectivity index (χ4v) is 3.24. The molecule has 0 radical (unpaired) electrons. The molecule has 1 aliphatic heterocycles. The molecule has 0 N–H and O–H groups in total. The van der Waals surface area contributed by atoms with Crippen molar-refractivity contribution in [1.82, 2.24) is 0 Å². The highest BCUT2D eigenvalue weighted by Gasteiger charge is 2.40. The Hall–Kier alpha value is -2.94. The number of carbonyl (C=O) groups is 2. The molecule has 4 rings (SSSR count). The van der Waals surface area contributed by atoms with Gasteiger partial charge in [-0.05, 0) is 53.8 Å². The molecule has 1 fully saturated rings. The van der Waals surface area contributed by atoms with Crippen LogP contribution in [0.4, 0.5) is 5.69 Å². The van der Waals surface area contributed by atoms with Crippen LogP contribution in [0.2, 0.25) is 0 Å². The van der Waals surface area contributed by atoms with Crippen molar-refractivity contribution < 1.29 is 9.59 Å². The van der Waals surface area contributed by atoms with Crippen LogP contribution in [0.1, 0.15) is 18.9 Å². The van der Waals surface area contributed by atoms with Gasteiger partial charge >= 0.3 is 0 Å². The summed E-state index contributed by atoms with van der Waals surface area (Å²) in [5.74, 6) is -0.487. The number of allylic oxidation sites excluding steroid dienone is 8. The minimum Gasteiger partial charge on any atom is -0.268 e. The molecule has 3 aliphatic rings. The Balaban J connectivity index is 1.80. The maximum atomic E-state index is 12.9. The fraction of sp³-hybridized carbons (Fsp3) is 0.143. The van der Waals surface area contributed by atoms with Crippen LogP contribution in [-0.2, 0) is 16.0 Å². The van der Waals surface area contributed by atoms with E-state index in [0.717, 1.165) is 24.0 Å². The van der Waals surface area contributed by atoms with Crippen molar-refractivity contribution in [3.63, 3.8) is 0 Å². The average molecular weight is 315 g/mol. The van der Waals surface area contributed by atoms with Crippen LogP contribution < -0.4 is 4.90 Å². The van der Waals surface area contributed by atoms with E-state index < -0.39 is 0 Å². The van der Waals surface area contributed by atoms with Crippen LogP contribution in [0.15, 0.2) is 83.0 Å². The highest BCUT2D eigenvalue weighted by Crippen LogP contribution is 2.35. The zero-order chi connectivity index (χ0) is 16.7. The molecule has 1 aromatic carbocycles. The third kappa shape index (κ3) is 2.29. The second kappa shape index (κ2) is 5.60. The largest absolute Gasteiger partial charge is 0.268 e. The van der Waals surface area contributed by atoms with Crippen LogP contribution in [-0.4, -0.2) is 11.8 Å². The quantitative estimate of drug-likeness (QED) is 0.778. The number of amides is 2. The Morgan fingerprint density at radius 2 is 1.42 bits per heavy atom. The first-order valence-electron chi connectivity index (χ1n) is 8.15. The molecule has 3 nitrogen and oxygen atoms in total. The number of imide groups is 1. The normalized spacial score (nSPS) is 19.1. The van der Waals surface area contributed by atoms with Gasteiger partial charge in [-0.2, -0.15) is 0 Å². The Labute approximate surface area is 141 Å². The molecule has 0 atom stereocenters. The van der Waals surface area contributed by atoms with Crippen molar-refractivity contribution in [2.75, 3.05) is 4.90 Å². The van der Waals surface area contributed by atoms with Gasteiger partial charge in [0.2, 0.25) is 0 Å². The van der Waals surface area contributed by atoms with E-state index in [1.807, 2.05) is 60.7 Å². The van der Waals surface area contributed by atoms with E-state index >= 15 is 0 Å². The smallest absolute Gasteiger partial charge is 0.266 e. The highest BCUT2D eigenvalue weighted by atomic mass is 16.2. The second-order valence-electron chi connectivity index (χ2n) is 6.13. The fourth-order valence-electron chi connectivity index (χ4n) is 3.24. The van der Waals surface area contributed by atoms with Gasteiger partial charge in [0.05, 0.1) is 16.8 Å². The molecule has 2 amide bonds. The first-order chi connectivity index (χ1) is 11.7. The summed E-state index contributed by atoms with van der Waals surface area (Å²) >= 11 is 0. The van der Waals surface area contributed by atoms with Crippen LogP contribution in [0, 0.1) is 0 Å². The van der Waals surface area contributed by atoms with Crippen LogP contribution in [0.3, 0.4) is 0 Å². The molecule has 3 heteroatoms. The number of hydrogen-bond acceptors (Lipinski definition) is 2. The van der Waals surface area contributed by atoms with Crippen molar-refractivity contribution in [2.24, 2.45) is 0 Å². The van der Waals surface area contributed by atoms with E-state index in [1.165, 1.54) is 10.5 Å². The third-order valence-corrected chi connectivity index (χ3v) is 4.56. The summed E-state index contributed by atoms with van der Waals surface area (Å²) in [5.41, 5.74) is 4.87. The molecule has 0 aromatic heterocycles. The lowest BCUT2D eigenvalue weighted by Gasteiger charge is -2.14. The van der Waals surface area contributed by atoms with Gasteiger partial charge in [-0.3, -0.25) is 9.59 Å². The molecule has 24 heavy (non-hydrogen) atoms. The topological polar surface area (TPSA) is 37.4 Å². The lowest BCUT2D eigenvalue weighted by molar-refractivity contribution is -0.119. The van der Waals surface area contributed by atoms with E-state index in [9.17, 15) is 9.59 Å². The Bertz CT molecular complexity index is 842.